The third-order valence-electron chi connectivity index (χ3n) is 4.88. The van der Waals surface area contributed by atoms with Gasteiger partial charge in [0.25, 0.3) is 0 Å². The third kappa shape index (κ3) is 4.34. The molecule has 1 saturated heterocycles. The van der Waals surface area contributed by atoms with Crippen molar-refractivity contribution in [3.8, 4) is 11.4 Å². The number of aryl methyl sites for hydroxylation is 1. The lowest BCUT2D eigenvalue weighted by Gasteiger charge is -2.36. The van der Waals surface area contributed by atoms with Gasteiger partial charge in [-0.1, -0.05) is 35.0 Å². The summed E-state index contributed by atoms with van der Waals surface area (Å²) in [7, 11) is 0. The number of carbonyl (C=O) groups excluding carboxylic acids is 1. The van der Waals surface area contributed by atoms with E-state index in [4.69, 9.17) is 16.1 Å². The average molecular weight is 397 g/mol. The molecule has 1 fully saturated rings. The Labute approximate surface area is 168 Å². The number of halogens is 1. The molecule has 144 valence electrons. The van der Waals surface area contributed by atoms with Crippen LogP contribution >= 0.6 is 11.6 Å². The molecule has 1 amide bonds. The molecule has 0 saturated carbocycles. The topological polar surface area (TPSA) is 62.5 Å². The highest BCUT2D eigenvalue weighted by Crippen LogP contribution is 2.19. The van der Waals surface area contributed by atoms with Crippen LogP contribution in [0, 0.1) is 0 Å². The predicted octanol–water partition coefficient (Wildman–Crippen LogP) is 3.67. The molecule has 0 atom stereocenters. The molecule has 0 unspecified atom stereocenters. The van der Waals surface area contributed by atoms with Crippen LogP contribution in [-0.4, -0.2) is 47.1 Å². The normalized spacial score (nSPS) is 14.3. The molecule has 1 aliphatic rings. The predicted molar refractivity (Wildman–Crippen MR) is 108 cm³/mol. The second-order valence-electron chi connectivity index (χ2n) is 6.72. The zero-order chi connectivity index (χ0) is 19.3. The lowest BCUT2D eigenvalue weighted by Crippen LogP contribution is -2.48. The second kappa shape index (κ2) is 8.44. The molecule has 1 aliphatic heterocycles. The van der Waals surface area contributed by atoms with E-state index in [-0.39, 0.29) is 5.91 Å². The van der Waals surface area contributed by atoms with Gasteiger partial charge in [-0.05, 0) is 36.4 Å². The molecule has 0 aliphatic carbocycles. The highest BCUT2D eigenvalue weighted by atomic mass is 35.5. The maximum atomic E-state index is 12.5. The van der Waals surface area contributed by atoms with Crippen LogP contribution in [-0.2, 0) is 11.2 Å². The largest absolute Gasteiger partial charge is 0.368 e. The minimum Gasteiger partial charge on any atom is -0.368 e. The summed E-state index contributed by atoms with van der Waals surface area (Å²) in [6.45, 7) is 3.15. The van der Waals surface area contributed by atoms with Crippen molar-refractivity contribution >= 4 is 23.2 Å². The minimum absolute atomic E-state index is 0.124. The number of aromatic nitrogens is 2. The number of anilines is 1. The van der Waals surface area contributed by atoms with Gasteiger partial charge in [0.15, 0.2) is 0 Å². The molecule has 2 aromatic carbocycles. The summed E-state index contributed by atoms with van der Waals surface area (Å²) in [5.74, 6) is 1.11. The molecule has 0 radical (unpaired) electrons. The number of benzene rings is 2. The molecular formula is C21H21ClN4O2. The average Bonchev–Trinajstić information content (AvgIpc) is 3.22. The number of carbonyl (C=O) groups is 1. The molecule has 3 aromatic rings. The molecule has 4 rings (SSSR count). The molecule has 0 spiro atoms. The Morgan fingerprint density at radius 2 is 1.71 bits per heavy atom. The Hall–Kier alpha value is -2.86. The summed E-state index contributed by atoms with van der Waals surface area (Å²) >= 11 is 5.90. The van der Waals surface area contributed by atoms with E-state index >= 15 is 0 Å². The van der Waals surface area contributed by atoms with Gasteiger partial charge in [0.1, 0.15) is 0 Å². The fourth-order valence-electron chi connectivity index (χ4n) is 3.30. The standard InChI is InChI=1S/C21H21ClN4O2/c22-17-8-6-16(7-9-17)21-23-19(28-24-21)10-11-20(27)26-14-12-25(13-15-26)18-4-2-1-3-5-18/h1-9H,10-15H2. The number of hydrogen-bond donors (Lipinski definition) is 0. The highest BCUT2D eigenvalue weighted by Gasteiger charge is 2.21. The maximum Gasteiger partial charge on any atom is 0.227 e. The van der Waals surface area contributed by atoms with E-state index in [1.807, 2.05) is 35.2 Å². The van der Waals surface area contributed by atoms with Crippen molar-refractivity contribution < 1.29 is 9.32 Å². The van der Waals surface area contributed by atoms with Gasteiger partial charge in [0.05, 0.1) is 0 Å². The first kappa shape index (κ1) is 18.5. The quantitative estimate of drug-likeness (QED) is 0.658. The van der Waals surface area contributed by atoms with E-state index in [1.165, 1.54) is 5.69 Å². The Kier molecular flexibility index (Phi) is 5.58. The van der Waals surface area contributed by atoms with Crippen molar-refractivity contribution in [2.45, 2.75) is 12.8 Å². The van der Waals surface area contributed by atoms with Crippen LogP contribution in [0.25, 0.3) is 11.4 Å². The number of hydrogen-bond acceptors (Lipinski definition) is 5. The molecule has 0 N–H and O–H groups in total. The summed E-state index contributed by atoms with van der Waals surface area (Å²) in [5, 5.41) is 4.65. The van der Waals surface area contributed by atoms with E-state index < -0.39 is 0 Å². The third-order valence-corrected chi connectivity index (χ3v) is 5.13. The summed E-state index contributed by atoms with van der Waals surface area (Å²) in [6, 6.07) is 17.5. The molecule has 6 nitrogen and oxygen atoms in total. The van der Waals surface area contributed by atoms with Crippen molar-refractivity contribution in [2.75, 3.05) is 31.1 Å². The van der Waals surface area contributed by atoms with Gasteiger partial charge in [-0.3, -0.25) is 4.79 Å². The van der Waals surface area contributed by atoms with E-state index in [1.54, 1.807) is 12.1 Å². The van der Waals surface area contributed by atoms with Crippen molar-refractivity contribution in [1.29, 1.82) is 0 Å². The summed E-state index contributed by atoms with van der Waals surface area (Å²) in [4.78, 5) is 21.1. The van der Waals surface area contributed by atoms with Gasteiger partial charge in [-0.15, -0.1) is 0 Å². The van der Waals surface area contributed by atoms with Crippen molar-refractivity contribution in [3.05, 3.63) is 65.5 Å². The highest BCUT2D eigenvalue weighted by molar-refractivity contribution is 6.30. The van der Waals surface area contributed by atoms with Gasteiger partial charge in [-0.25, -0.2) is 0 Å². The number of para-hydroxylation sites is 1. The Balaban J connectivity index is 1.28. The Morgan fingerprint density at radius 1 is 1.00 bits per heavy atom. The minimum atomic E-state index is 0.124. The molecule has 7 heteroatoms. The SMILES string of the molecule is O=C(CCc1nc(-c2ccc(Cl)cc2)no1)N1CCN(c2ccccc2)CC1. The van der Waals surface area contributed by atoms with Crippen LogP contribution in [0.1, 0.15) is 12.3 Å². The lowest BCUT2D eigenvalue weighted by molar-refractivity contribution is -0.131. The number of rotatable bonds is 5. The summed E-state index contributed by atoms with van der Waals surface area (Å²) < 4.78 is 5.29. The summed E-state index contributed by atoms with van der Waals surface area (Å²) in [5.41, 5.74) is 2.04. The zero-order valence-electron chi connectivity index (χ0n) is 15.4. The van der Waals surface area contributed by atoms with E-state index in [0.29, 0.717) is 29.6 Å². The van der Waals surface area contributed by atoms with Crippen LogP contribution in [0.4, 0.5) is 5.69 Å². The van der Waals surface area contributed by atoms with Gasteiger partial charge < -0.3 is 14.3 Å². The van der Waals surface area contributed by atoms with Crippen LogP contribution in [0.5, 0.6) is 0 Å². The first-order valence-corrected chi connectivity index (χ1v) is 9.73. The molecular weight excluding hydrogens is 376 g/mol. The van der Waals surface area contributed by atoms with Gasteiger partial charge >= 0.3 is 0 Å². The molecule has 0 bridgehead atoms. The van der Waals surface area contributed by atoms with Gasteiger partial charge in [0, 0.05) is 55.3 Å². The number of amides is 1. The number of piperazine rings is 1. The lowest BCUT2D eigenvalue weighted by atomic mass is 10.2. The van der Waals surface area contributed by atoms with Crippen LogP contribution < -0.4 is 4.90 Å². The molecule has 2 heterocycles. The Bertz CT molecular complexity index is 919. The van der Waals surface area contributed by atoms with Gasteiger partial charge in [0.2, 0.25) is 17.6 Å². The van der Waals surface area contributed by atoms with E-state index in [0.717, 1.165) is 31.7 Å². The second-order valence-corrected chi connectivity index (χ2v) is 7.16. The van der Waals surface area contributed by atoms with E-state index in [2.05, 4.69) is 27.2 Å². The van der Waals surface area contributed by atoms with Crippen molar-refractivity contribution in [1.82, 2.24) is 15.0 Å². The van der Waals surface area contributed by atoms with Crippen LogP contribution in [0.15, 0.2) is 59.1 Å². The van der Waals surface area contributed by atoms with Crippen molar-refractivity contribution in [2.24, 2.45) is 0 Å². The first-order chi connectivity index (χ1) is 13.7. The van der Waals surface area contributed by atoms with E-state index in [9.17, 15) is 4.79 Å². The monoisotopic (exact) mass is 396 g/mol. The van der Waals surface area contributed by atoms with Gasteiger partial charge in [-0.2, -0.15) is 4.98 Å². The number of nitrogens with zero attached hydrogens (tertiary/aromatic N) is 4. The van der Waals surface area contributed by atoms with Crippen molar-refractivity contribution in [3.63, 3.8) is 0 Å². The zero-order valence-corrected chi connectivity index (χ0v) is 16.2. The van der Waals surface area contributed by atoms with Crippen LogP contribution in [0.3, 0.4) is 0 Å². The fourth-order valence-corrected chi connectivity index (χ4v) is 3.42. The first-order valence-electron chi connectivity index (χ1n) is 9.35. The fraction of sp³-hybridized carbons (Fsp3) is 0.286. The Morgan fingerprint density at radius 3 is 2.43 bits per heavy atom. The maximum absolute atomic E-state index is 12.5. The molecule has 28 heavy (non-hydrogen) atoms. The summed E-state index contributed by atoms with van der Waals surface area (Å²) in [6.07, 6.45) is 0.811. The smallest absolute Gasteiger partial charge is 0.227 e. The molecule has 1 aromatic heterocycles. The van der Waals surface area contributed by atoms with Crippen LogP contribution in [0.2, 0.25) is 5.02 Å².